The third-order valence-corrected chi connectivity index (χ3v) is 6.49. The molecule has 1 spiro atoms. The fourth-order valence-electron chi connectivity index (χ4n) is 4.29. The Morgan fingerprint density at radius 2 is 1.93 bits per heavy atom. The summed E-state index contributed by atoms with van der Waals surface area (Å²) in [5.41, 5.74) is 2.56. The number of carbonyl (C=O) groups is 3. The fraction of sp³-hybridized carbons (Fsp3) is 0.591. The minimum absolute atomic E-state index is 0.193. The van der Waals surface area contributed by atoms with Crippen molar-refractivity contribution < 1.29 is 14.4 Å². The van der Waals surface area contributed by atoms with Crippen molar-refractivity contribution in [2.45, 2.75) is 71.4 Å². The van der Waals surface area contributed by atoms with Gasteiger partial charge in [0.05, 0.1) is 6.04 Å². The van der Waals surface area contributed by atoms with Gasteiger partial charge in [0.15, 0.2) is 0 Å². The molecular formula is C22H31N3O3. The Bertz CT molecular complexity index is 781. The van der Waals surface area contributed by atoms with Crippen molar-refractivity contribution in [2.75, 3.05) is 6.54 Å². The summed E-state index contributed by atoms with van der Waals surface area (Å²) in [6.45, 7) is 7.91. The third kappa shape index (κ3) is 3.91. The quantitative estimate of drug-likeness (QED) is 0.763. The van der Waals surface area contributed by atoms with E-state index in [1.807, 2.05) is 32.9 Å². The van der Waals surface area contributed by atoms with Crippen LogP contribution in [-0.4, -0.2) is 34.8 Å². The predicted octanol–water partition coefficient (Wildman–Crippen LogP) is 3.37. The van der Waals surface area contributed by atoms with Gasteiger partial charge in [-0.2, -0.15) is 0 Å². The lowest BCUT2D eigenvalue weighted by atomic mass is 9.75. The number of nitrogens with one attached hydrogen (secondary N) is 2. The van der Waals surface area contributed by atoms with Crippen LogP contribution in [-0.2, 0) is 9.59 Å². The highest BCUT2D eigenvalue weighted by Crippen LogP contribution is 2.37. The monoisotopic (exact) mass is 385 g/mol. The summed E-state index contributed by atoms with van der Waals surface area (Å²) >= 11 is 0. The van der Waals surface area contributed by atoms with Crippen molar-refractivity contribution in [2.24, 2.45) is 5.92 Å². The second-order valence-corrected chi connectivity index (χ2v) is 8.39. The molecule has 152 valence electrons. The van der Waals surface area contributed by atoms with Crippen LogP contribution in [0.4, 0.5) is 4.79 Å². The summed E-state index contributed by atoms with van der Waals surface area (Å²) in [4.78, 5) is 38.9. The van der Waals surface area contributed by atoms with Crippen LogP contribution in [0, 0.1) is 19.8 Å². The molecule has 6 nitrogen and oxygen atoms in total. The first-order chi connectivity index (χ1) is 13.3. The van der Waals surface area contributed by atoms with Crippen LogP contribution in [0.1, 0.15) is 68.7 Å². The topological polar surface area (TPSA) is 78.5 Å². The number of urea groups is 1. The average molecular weight is 386 g/mol. The van der Waals surface area contributed by atoms with Crippen molar-refractivity contribution >= 4 is 17.8 Å². The van der Waals surface area contributed by atoms with Crippen molar-refractivity contribution in [1.29, 1.82) is 0 Å². The lowest BCUT2D eigenvalue weighted by molar-refractivity contribution is -0.136. The molecule has 1 saturated heterocycles. The van der Waals surface area contributed by atoms with Gasteiger partial charge in [0.25, 0.3) is 5.91 Å². The van der Waals surface area contributed by atoms with E-state index in [-0.39, 0.29) is 24.4 Å². The van der Waals surface area contributed by atoms with Gasteiger partial charge < -0.3 is 10.6 Å². The van der Waals surface area contributed by atoms with E-state index in [0.717, 1.165) is 35.3 Å². The number of aryl methyl sites for hydroxylation is 2. The third-order valence-electron chi connectivity index (χ3n) is 6.49. The molecule has 4 amide bonds. The number of carbonyl (C=O) groups excluding carboxylic acids is 3. The van der Waals surface area contributed by atoms with Crippen molar-refractivity contribution in [3.05, 3.63) is 34.9 Å². The molecule has 6 heteroatoms. The second-order valence-electron chi connectivity index (χ2n) is 8.39. The SMILES string of the molecule is CCC1CCC2(CC1)NC(=O)N(CC(=O)NC(C)c1ccc(C)c(C)c1)C2=O. The Morgan fingerprint density at radius 3 is 2.54 bits per heavy atom. The first-order valence-corrected chi connectivity index (χ1v) is 10.3. The number of nitrogens with zero attached hydrogens (tertiary/aromatic N) is 1. The molecule has 2 N–H and O–H groups in total. The molecule has 1 aliphatic heterocycles. The number of imide groups is 1. The lowest BCUT2D eigenvalue weighted by Crippen LogP contribution is -2.50. The molecule has 0 aromatic heterocycles. The molecule has 3 rings (SSSR count). The Morgan fingerprint density at radius 1 is 1.25 bits per heavy atom. The van der Waals surface area contributed by atoms with Gasteiger partial charge in [0.2, 0.25) is 5.91 Å². The van der Waals surface area contributed by atoms with Gasteiger partial charge in [-0.25, -0.2) is 4.79 Å². The highest BCUT2D eigenvalue weighted by atomic mass is 16.2. The molecule has 28 heavy (non-hydrogen) atoms. The maximum atomic E-state index is 12.9. The molecule has 1 aliphatic carbocycles. The molecule has 1 heterocycles. The molecule has 2 fully saturated rings. The average Bonchev–Trinajstić information content (AvgIpc) is 2.88. The second kappa shape index (κ2) is 7.94. The maximum absolute atomic E-state index is 12.9. The molecule has 1 atom stereocenters. The number of benzene rings is 1. The molecule has 1 saturated carbocycles. The summed E-state index contributed by atoms with van der Waals surface area (Å²) < 4.78 is 0. The van der Waals surface area contributed by atoms with E-state index < -0.39 is 11.6 Å². The van der Waals surface area contributed by atoms with E-state index in [0.29, 0.717) is 18.8 Å². The van der Waals surface area contributed by atoms with E-state index in [1.54, 1.807) is 0 Å². The van der Waals surface area contributed by atoms with Crippen LogP contribution in [0.3, 0.4) is 0 Å². The zero-order chi connectivity index (χ0) is 20.5. The summed E-state index contributed by atoms with van der Waals surface area (Å²) in [7, 11) is 0. The summed E-state index contributed by atoms with van der Waals surface area (Å²) in [6.07, 6.45) is 4.29. The van der Waals surface area contributed by atoms with E-state index in [1.165, 1.54) is 5.56 Å². The Kier molecular flexibility index (Phi) is 5.77. The number of rotatable bonds is 5. The zero-order valence-corrected chi connectivity index (χ0v) is 17.3. The summed E-state index contributed by atoms with van der Waals surface area (Å²) in [5.74, 6) is 0.0426. The largest absolute Gasteiger partial charge is 0.348 e. The minimum Gasteiger partial charge on any atom is -0.348 e. The first-order valence-electron chi connectivity index (χ1n) is 10.3. The molecular weight excluding hydrogens is 354 g/mol. The van der Waals surface area contributed by atoms with Crippen molar-refractivity contribution in [3.8, 4) is 0 Å². The number of amides is 4. The van der Waals surface area contributed by atoms with Gasteiger partial charge in [-0.05, 0) is 69.1 Å². The summed E-state index contributed by atoms with van der Waals surface area (Å²) in [6, 6.07) is 5.42. The van der Waals surface area contributed by atoms with Gasteiger partial charge >= 0.3 is 6.03 Å². The minimum atomic E-state index is -0.803. The normalized spacial score (nSPS) is 25.7. The smallest absolute Gasteiger partial charge is 0.325 e. The molecule has 0 radical (unpaired) electrons. The standard InChI is InChI=1S/C22H31N3O3/c1-5-17-8-10-22(11-9-17)20(27)25(21(28)24-22)13-19(26)23-16(4)18-7-6-14(2)15(3)12-18/h6-7,12,16-17H,5,8-11,13H2,1-4H3,(H,23,26)(H,24,28). The lowest BCUT2D eigenvalue weighted by Gasteiger charge is -2.34. The van der Waals surface area contributed by atoms with Crippen LogP contribution < -0.4 is 10.6 Å². The fourth-order valence-corrected chi connectivity index (χ4v) is 4.29. The van der Waals surface area contributed by atoms with Gasteiger partial charge in [0, 0.05) is 0 Å². The Balaban J connectivity index is 1.61. The Hall–Kier alpha value is -2.37. The van der Waals surface area contributed by atoms with Crippen LogP contribution in [0.15, 0.2) is 18.2 Å². The molecule has 1 unspecified atom stereocenters. The van der Waals surface area contributed by atoms with Crippen LogP contribution in [0.2, 0.25) is 0 Å². The Labute approximate surface area is 167 Å². The molecule has 0 bridgehead atoms. The van der Waals surface area contributed by atoms with E-state index >= 15 is 0 Å². The molecule has 2 aliphatic rings. The van der Waals surface area contributed by atoms with Crippen molar-refractivity contribution in [3.63, 3.8) is 0 Å². The van der Waals surface area contributed by atoms with Gasteiger partial charge in [-0.1, -0.05) is 31.5 Å². The maximum Gasteiger partial charge on any atom is 0.325 e. The van der Waals surface area contributed by atoms with Crippen LogP contribution in [0.5, 0.6) is 0 Å². The first kappa shape index (κ1) is 20.4. The highest BCUT2D eigenvalue weighted by molar-refractivity contribution is 6.09. The van der Waals surface area contributed by atoms with Gasteiger partial charge in [-0.3, -0.25) is 14.5 Å². The van der Waals surface area contributed by atoms with Crippen LogP contribution in [0.25, 0.3) is 0 Å². The van der Waals surface area contributed by atoms with Crippen LogP contribution >= 0.6 is 0 Å². The molecule has 1 aromatic rings. The van der Waals surface area contributed by atoms with E-state index in [9.17, 15) is 14.4 Å². The number of hydrogen-bond donors (Lipinski definition) is 2. The van der Waals surface area contributed by atoms with E-state index in [4.69, 9.17) is 0 Å². The van der Waals surface area contributed by atoms with Gasteiger partial charge in [-0.15, -0.1) is 0 Å². The number of hydrogen-bond acceptors (Lipinski definition) is 3. The zero-order valence-electron chi connectivity index (χ0n) is 17.3. The predicted molar refractivity (Wildman–Crippen MR) is 108 cm³/mol. The van der Waals surface area contributed by atoms with Crippen molar-refractivity contribution in [1.82, 2.24) is 15.5 Å². The molecule has 1 aromatic carbocycles. The summed E-state index contributed by atoms with van der Waals surface area (Å²) in [5, 5.41) is 5.78. The highest BCUT2D eigenvalue weighted by Gasteiger charge is 2.52. The van der Waals surface area contributed by atoms with E-state index in [2.05, 4.69) is 23.6 Å². The van der Waals surface area contributed by atoms with Gasteiger partial charge in [0.1, 0.15) is 12.1 Å².